The Hall–Kier alpha value is -2.46. The maximum Gasteiger partial charge on any atom is 0.274 e. The van der Waals surface area contributed by atoms with E-state index in [1.54, 1.807) is 4.68 Å². The molecule has 0 fully saturated rings. The number of hydrogen-bond acceptors (Lipinski definition) is 3. The SMILES string of the molecule is CN(C)CCCn1nc(Cc2ccccc2)c2ccccc2c1=O. The summed E-state index contributed by atoms with van der Waals surface area (Å²) in [7, 11) is 4.08. The molecular formula is C20H23N3O. The monoisotopic (exact) mass is 321 g/mol. The third kappa shape index (κ3) is 3.71. The lowest BCUT2D eigenvalue weighted by molar-refractivity contribution is 0.377. The standard InChI is InChI=1S/C20H23N3O/c1-22(2)13-8-14-23-20(24)18-12-7-6-11-17(18)19(21-23)15-16-9-4-3-5-10-16/h3-7,9-12H,8,13-15H2,1-2H3. The molecule has 0 spiro atoms. The number of benzene rings is 2. The molecule has 0 atom stereocenters. The van der Waals surface area contributed by atoms with Crippen LogP contribution in [0.25, 0.3) is 10.8 Å². The number of hydrogen-bond donors (Lipinski definition) is 0. The third-order valence-electron chi connectivity index (χ3n) is 4.13. The Balaban J connectivity index is 2.00. The first-order valence-electron chi connectivity index (χ1n) is 8.32. The molecule has 3 rings (SSSR count). The Morgan fingerprint density at radius 1 is 0.958 bits per heavy atom. The molecule has 124 valence electrons. The normalized spacial score (nSPS) is 11.3. The summed E-state index contributed by atoms with van der Waals surface area (Å²) in [4.78, 5) is 14.8. The van der Waals surface area contributed by atoms with Crippen LogP contribution in [0.5, 0.6) is 0 Å². The molecule has 0 radical (unpaired) electrons. The molecule has 0 N–H and O–H groups in total. The van der Waals surface area contributed by atoms with Crippen LogP contribution < -0.4 is 5.56 Å². The number of aryl methyl sites for hydroxylation is 1. The zero-order valence-electron chi connectivity index (χ0n) is 14.3. The number of fused-ring (bicyclic) bond motifs is 1. The molecule has 1 heterocycles. The van der Waals surface area contributed by atoms with E-state index >= 15 is 0 Å². The second kappa shape index (κ2) is 7.41. The maximum atomic E-state index is 12.7. The molecule has 0 aliphatic heterocycles. The quantitative estimate of drug-likeness (QED) is 0.700. The van der Waals surface area contributed by atoms with E-state index < -0.39 is 0 Å². The van der Waals surface area contributed by atoms with Crippen molar-refractivity contribution in [1.29, 1.82) is 0 Å². The number of aromatic nitrogens is 2. The Bertz CT molecular complexity index is 869. The second-order valence-corrected chi connectivity index (χ2v) is 6.34. The second-order valence-electron chi connectivity index (χ2n) is 6.34. The van der Waals surface area contributed by atoms with Gasteiger partial charge in [0.05, 0.1) is 11.1 Å². The first-order chi connectivity index (χ1) is 11.6. The zero-order valence-corrected chi connectivity index (χ0v) is 14.3. The fraction of sp³-hybridized carbons (Fsp3) is 0.300. The minimum Gasteiger partial charge on any atom is -0.309 e. The zero-order chi connectivity index (χ0) is 16.9. The summed E-state index contributed by atoms with van der Waals surface area (Å²) in [6, 6.07) is 18.0. The predicted octanol–water partition coefficient (Wildman–Crippen LogP) is 2.94. The van der Waals surface area contributed by atoms with Gasteiger partial charge in [-0.3, -0.25) is 4.79 Å². The van der Waals surface area contributed by atoms with Gasteiger partial charge in [-0.2, -0.15) is 5.10 Å². The molecule has 0 saturated heterocycles. The van der Waals surface area contributed by atoms with Gasteiger partial charge in [-0.15, -0.1) is 0 Å². The Labute approximate surface area is 142 Å². The molecule has 4 heteroatoms. The van der Waals surface area contributed by atoms with Crippen molar-refractivity contribution in [2.75, 3.05) is 20.6 Å². The predicted molar refractivity (Wildman–Crippen MR) is 98.4 cm³/mol. The number of rotatable bonds is 6. The van der Waals surface area contributed by atoms with E-state index in [-0.39, 0.29) is 5.56 Å². The molecule has 0 bridgehead atoms. The molecule has 0 saturated carbocycles. The summed E-state index contributed by atoms with van der Waals surface area (Å²) in [6.45, 7) is 1.58. The van der Waals surface area contributed by atoms with Crippen molar-refractivity contribution in [3.63, 3.8) is 0 Å². The van der Waals surface area contributed by atoms with E-state index in [4.69, 9.17) is 0 Å². The van der Waals surface area contributed by atoms with Gasteiger partial charge in [0.15, 0.2) is 0 Å². The summed E-state index contributed by atoms with van der Waals surface area (Å²) in [6.07, 6.45) is 1.64. The van der Waals surface area contributed by atoms with Crippen molar-refractivity contribution in [2.45, 2.75) is 19.4 Å². The fourth-order valence-electron chi connectivity index (χ4n) is 2.91. The average molecular weight is 321 g/mol. The summed E-state index contributed by atoms with van der Waals surface area (Å²) in [5.41, 5.74) is 2.16. The van der Waals surface area contributed by atoms with Gasteiger partial charge in [0, 0.05) is 18.4 Å². The van der Waals surface area contributed by atoms with Crippen molar-refractivity contribution < 1.29 is 0 Å². The van der Waals surface area contributed by atoms with Crippen molar-refractivity contribution >= 4 is 10.8 Å². The Morgan fingerprint density at radius 2 is 1.62 bits per heavy atom. The van der Waals surface area contributed by atoms with Crippen LogP contribution >= 0.6 is 0 Å². The first-order valence-corrected chi connectivity index (χ1v) is 8.32. The molecule has 24 heavy (non-hydrogen) atoms. The maximum absolute atomic E-state index is 12.7. The first kappa shape index (κ1) is 16.4. The molecule has 0 amide bonds. The molecule has 4 nitrogen and oxygen atoms in total. The van der Waals surface area contributed by atoms with E-state index in [2.05, 4.69) is 22.1 Å². The highest BCUT2D eigenvalue weighted by Crippen LogP contribution is 2.17. The van der Waals surface area contributed by atoms with Gasteiger partial charge < -0.3 is 4.90 Å². The van der Waals surface area contributed by atoms with Crippen LogP contribution in [0.3, 0.4) is 0 Å². The van der Waals surface area contributed by atoms with Gasteiger partial charge in [0.2, 0.25) is 0 Å². The summed E-state index contributed by atoms with van der Waals surface area (Å²) in [5, 5.41) is 6.39. The van der Waals surface area contributed by atoms with Crippen LogP contribution in [0.15, 0.2) is 59.4 Å². The van der Waals surface area contributed by atoms with Gasteiger partial charge in [-0.25, -0.2) is 4.68 Å². The lowest BCUT2D eigenvalue weighted by atomic mass is 10.0. The minimum atomic E-state index is 0.00108. The van der Waals surface area contributed by atoms with Gasteiger partial charge in [-0.05, 0) is 38.7 Å². The largest absolute Gasteiger partial charge is 0.309 e. The topological polar surface area (TPSA) is 38.1 Å². The van der Waals surface area contributed by atoms with E-state index in [0.29, 0.717) is 6.54 Å². The van der Waals surface area contributed by atoms with Crippen LogP contribution in [0.4, 0.5) is 0 Å². The van der Waals surface area contributed by atoms with Gasteiger partial charge in [0.25, 0.3) is 5.56 Å². The highest BCUT2D eigenvalue weighted by molar-refractivity contribution is 5.83. The highest BCUT2D eigenvalue weighted by Gasteiger charge is 2.10. The van der Waals surface area contributed by atoms with E-state index in [1.807, 2.05) is 56.6 Å². The molecule has 0 unspecified atom stereocenters. The van der Waals surface area contributed by atoms with E-state index in [9.17, 15) is 4.79 Å². The van der Waals surface area contributed by atoms with Crippen molar-refractivity contribution in [3.8, 4) is 0 Å². The minimum absolute atomic E-state index is 0.00108. The summed E-state index contributed by atoms with van der Waals surface area (Å²) < 4.78 is 1.63. The number of nitrogens with zero attached hydrogens (tertiary/aromatic N) is 3. The van der Waals surface area contributed by atoms with Crippen molar-refractivity contribution in [3.05, 3.63) is 76.2 Å². The van der Waals surface area contributed by atoms with Crippen LogP contribution in [0.1, 0.15) is 17.7 Å². The summed E-state index contributed by atoms with van der Waals surface area (Å²) in [5.74, 6) is 0. The third-order valence-corrected chi connectivity index (χ3v) is 4.13. The van der Waals surface area contributed by atoms with Crippen LogP contribution in [-0.4, -0.2) is 35.3 Å². The lowest BCUT2D eigenvalue weighted by Crippen LogP contribution is -2.26. The molecule has 0 aliphatic rings. The fourth-order valence-corrected chi connectivity index (χ4v) is 2.91. The molecule has 2 aromatic carbocycles. The molecular weight excluding hydrogens is 298 g/mol. The van der Waals surface area contributed by atoms with Crippen LogP contribution in [-0.2, 0) is 13.0 Å². The highest BCUT2D eigenvalue weighted by atomic mass is 16.1. The van der Waals surface area contributed by atoms with Gasteiger partial charge in [-0.1, -0.05) is 48.5 Å². The van der Waals surface area contributed by atoms with Gasteiger partial charge in [0.1, 0.15) is 0 Å². The average Bonchev–Trinajstić information content (AvgIpc) is 2.59. The Kier molecular flexibility index (Phi) is 5.06. The van der Waals surface area contributed by atoms with Crippen molar-refractivity contribution in [2.24, 2.45) is 0 Å². The Morgan fingerprint density at radius 3 is 2.33 bits per heavy atom. The van der Waals surface area contributed by atoms with Crippen LogP contribution in [0.2, 0.25) is 0 Å². The van der Waals surface area contributed by atoms with Crippen LogP contribution in [0, 0.1) is 0 Å². The molecule has 1 aromatic heterocycles. The lowest BCUT2D eigenvalue weighted by Gasteiger charge is -2.13. The smallest absolute Gasteiger partial charge is 0.274 e. The molecule has 3 aromatic rings. The van der Waals surface area contributed by atoms with Gasteiger partial charge >= 0.3 is 0 Å². The van der Waals surface area contributed by atoms with E-state index in [1.165, 1.54) is 5.56 Å². The summed E-state index contributed by atoms with van der Waals surface area (Å²) >= 11 is 0. The molecule has 0 aliphatic carbocycles. The van der Waals surface area contributed by atoms with Crippen molar-refractivity contribution in [1.82, 2.24) is 14.7 Å². The van der Waals surface area contributed by atoms with E-state index in [0.717, 1.165) is 35.9 Å².